The molecule has 0 unspecified atom stereocenters. The number of pyridine rings is 1. The highest BCUT2D eigenvalue weighted by Gasteiger charge is 2.24. The second-order valence-electron chi connectivity index (χ2n) is 4.40. The molecule has 0 aromatic carbocycles. The lowest BCUT2D eigenvalue weighted by Gasteiger charge is -2.20. The third kappa shape index (κ3) is 3.05. The Morgan fingerprint density at radius 2 is 2.06 bits per heavy atom. The van der Waals surface area contributed by atoms with Crippen molar-refractivity contribution < 1.29 is 18.7 Å². The van der Waals surface area contributed by atoms with Crippen molar-refractivity contribution in [3.8, 4) is 5.75 Å². The molecule has 17 heavy (non-hydrogen) atoms. The monoisotopic (exact) mass is 242 g/mol. The van der Waals surface area contributed by atoms with Gasteiger partial charge in [0.25, 0.3) is 0 Å². The molecule has 0 saturated heterocycles. The summed E-state index contributed by atoms with van der Waals surface area (Å²) in [6, 6.07) is 0. The Morgan fingerprint density at radius 1 is 1.47 bits per heavy atom. The van der Waals surface area contributed by atoms with E-state index >= 15 is 0 Å². The predicted molar refractivity (Wildman–Crippen MR) is 60.3 cm³/mol. The number of halogens is 1. The zero-order valence-corrected chi connectivity index (χ0v) is 10.2. The van der Waals surface area contributed by atoms with Gasteiger partial charge in [0, 0.05) is 0 Å². The first-order valence-corrected chi connectivity index (χ1v) is 4.97. The molecule has 1 aromatic heterocycles. The van der Waals surface area contributed by atoms with Gasteiger partial charge in [-0.3, -0.25) is 0 Å². The van der Waals surface area contributed by atoms with Gasteiger partial charge < -0.3 is 15.2 Å². The molecular formula is C11H15FN2O3. The fourth-order valence-corrected chi connectivity index (χ4v) is 1.16. The Morgan fingerprint density at radius 3 is 2.53 bits per heavy atom. The first kappa shape index (κ1) is 13.2. The molecule has 1 aromatic rings. The van der Waals surface area contributed by atoms with E-state index in [4.69, 9.17) is 15.2 Å². The summed E-state index contributed by atoms with van der Waals surface area (Å²) < 4.78 is 23.1. The lowest BCUT2D eigenvalue weighted by Crippen LogP contribution is -2.25. The van der Waals surface area contributed by atoms with Crippen molar-refractivity contribution in [2.24, 2.45) is 0 Å². The van der Waals surface area contributed by atoms with Crippen molar-refractivity contribution in [3.63, 3.8) is 0 Å². The van der Waals surface area contributed by atoms with E-state index < -0.39 is 17.4 Å². The molecule has 5 nitrogen and oxygen atoms in total. The van der Waals surface area contributed by atoms with Gasteiger partial charge in [-0.2, -0.15) is 0 Å². The van der Waals surface area contributed by atoms with Crippen LogP contribution >= 0.6 is 0 Å². The molecule has 0 bridgehead atoms. The van der Waals surface area contributed by atoms with Crippen molar-refractivity contribution in [1.82, 2.24) is 4.98 Å². The quantitative estimate of drug-likeness (QED) is 0.800. The number of ether oxygens (including phenoxy) is 2. The second-order valence-corrected chi connectivity index (χ2v) is 4.40. The van der Waals surface area contributed by atoms with E-state index in [9.17, 15) is 9.18 Å². The zero-order chi connectivity index (χ0) is 13.2. The highest BCUT2D eigenvalue weighted by atomic mass is 19.1. The summed E-state index contributed by atoms with van der Waals surface area (Å²) in [6.45, 7) is 5.14. The molecule has 2 N–H and O–H groups in total. The van der Waals surface area contributed by atoms with Crippen LogP contribution in [0.2, 0.25) is 0 Å². The average molecular weight is 242 g/mol. The van der Waals surface area contributed by atoms with E-state index in [-0.39, 0.29) is 17.1 Å². The lowest BCUT2D eigenvalue weighted by molar-refractivity contribution is 0.00595. The van der Waals surface area contributed by atoms with Crippen LogP contribution in [0.15, 0.2) is 6.20 Å². The maximum absolute atomic E-state index is 13.1. The van der Waals surface area contributed by atoms with Gasteiger partial charge in [-0.1, -0.05) is 0 Å². The van der Waals surface area contributed by atoms with Crippen LogP contribution in [-0.2, 0) is 4.74 Å². The molecule has 1 rings (SSSR count). The van der Waals surface area contributed by atoms with E-state index in [1.54, 1.807) is 20.8 Å². The van der Waals surface area contributed by atoms with Crippen LogP contribution in [0.3, 0.4) is 0 Å². The van der Waals surface area contributed by atoms with Gasteiger partial charge in [0.2, 0.25) is 0 Å². The summed E-state index contributed by atoms with van der Waals surface area (Å²) in [5.74, 6) is -1.56. The SMILES string of the molecule is COc1c(C(=O)OC(C)(C)C)ncc(F)c1N. The molecule has 0 atom stereocenters. The van der Waals surface area contributed by atoms with Gasteiger partial charge in [0.15, 0.2) is 17.3 Å². The van der Waals surface area contributed by atoms with Crippen molar-refractivity contribution in [2.45, 2.75) is 26.4 Å². The standard InChI is InChI=1S/C11H15FN2O3/c1-11(2,3)17-10(15)8-9(16-4)7(13)6(12)5-14-8/h5H,1-4H3,(H2,13,14). The van der Waals surface area contributed by atoms with E-state index in [0.717, 1.165) is 6.20 Å². The summed E-state index contributed by atoms with van der Waals surface area (Å²) in [5, 5.41) is 0. The van der Waals surface area contributed by atoms with Gasteiger partial charge in [-0.15, -0.1) is 0 Å². The molecule has 0 aliphatic carbocycles. The zero-order valence-electron chi connectivity index (χ0n) is 10.2. The van der Waals surface area contributed by atoms with Crippen LogP contribution in [0.1, 0.15) is 31.3 Å². The van der Waals surface area contributed by atoms with E-state index in [0.29, 0.717) is 0 Å². The number of carbonyl (C=O) groups is 1. The summed E-state index contributed by atoms with van der Waals surface area (Å²) in [4.78, 5) is 15.4. The Labute approximate surface area is 98.7 Å². The van der Waals surface area contributed by atoms with Crippen molar-refractivity contribution >= 4 is 11.7 Å². The number of esters is 1. The van der Waals surface area contributed by atoms with Crippen LogP contribution < -0.4 is 10.5 Å². The Bertz CT molecular complexity index is 441. The van der Waals surface area contributed by atoms with Gasteiger partial charge in [0.05, 0.1) is 13.3 Å². The normalized spacial score (nSPS) is 11.1. The number of carbonyl (C=O) groups excluding carboxylic acids is 1. The topological polar surface area (TPSA) is 74.4 Å². The minimum atomic E-state index is -0.742. The predicted octanol–water partition coefficient (Wildman–Crippen LogP) is 1.77. The number of aromatic nitrogens is 1. The number of hydrogen-bond donors (Lipinski definition) is 1. The van der Waals surface area contributed by atoms with Crippen LogP contribution in [0.5, 0.6) is 5.75 Å². The van der Waals surface area contributed by atoms with Crippen LogP contribution in [0, 0.1) is 5.82 Å². The fraction of sp³-hybridized carbons (Fsp3) is 0.455. The Balaban J connectivity index is 3.14. The third-order valence-electron chi connectivity index (χ3n) is 1.82. The van der Waals surface area contributed by atoms with Gasteiger partial charge >= 0.3 is 5.97 Å². The first-order chi connectivity index (χ1) is 7.76. The summed E-state index contributed by atoms with van der Waals surface area (Å²) in [6.07, 6.45) is 0.858. The molecule has 0 amide bonds. The maximum atomic E-state index is 13.1. The number of hydrogen-bond acceptors (Lipinski definition) is 5. The average Bonchev–Trinajstić information content (AvgIpc) is 2.19. The van der Waals surface area contributed by atoms with Crippen LogP contribution in [-0.4, -0.2) is 23.7 Å². The van der Waals surface area contributed by atoms with E-state index in [1.165, 1.54) is 7.11 Å². The highest BCUT2D eigenvalue weighted by molar-refractivity contribution is 5.92. The molecule has 1 heterocycles. The fourth-order valence-electron chi connectivity index (χ4n) is 1.16. The van der Waals surface area contributed by atoms with Crippen LogP contribution in [0.4, 0.5) is 10.1 Å². The number of nitrogens with two attached hydrogens (primary N) is 1. The summed E-state index contributed by atoms with van der Waals surface area (Å²) >= 11 is 0. The molecule has 0 saturated carbocycles. The minimum absolute atomic E-state index is 0.112. The van der Waals surface area contributed by atoms with Gasteiger partial charge in [0.1, 0.15) is 11.3 Å². The molecule has 6 heteroatoms. The van der Waals surface area contributed by atoms with Crippen LogP contribution in [0.25, 0.3) is 0 Å². The molecule has 0 radical (unpaired) electrons. The molecule has 0 spiro atoms. The van der Waals surface area contributed by atoms with E-state index in [2.05, 4.69) is 4.98 Å². The molecular weight excluding hydrogens is 227 g/mol. The van der Waals surface area contributed by atoms with Crippen molar-refractivity contribution in [2.75, 3.05) is 12.8 Å². The molecule has 94 valence electrons. The minimum Gasteiger partial charge on any atom is -0.492 e. The Hall–Kier alpha value is -1.85. The number of methoxy groups -OCH3 is 1. The lowest BCUT2D eigenvalue weighted by atomic mass is 10.2. The third-order valence-corrected chi connectivity index (χ3v) is 1.82. The molecule has 0 aliphatic heterocycles. The number of nitrogen functional groups attached to an aromatic ring is 1. The second kappa shape index (κ2) is 4.57. The molecule has 0 aliphatic rings. The smallest absolute Gasteiger partial charge is 0.361 e. The number of nitrogens with zero attached hydrogens (tertiary/aromatic N) is 1. The largest absolute Gasteiger partial charge is 0.492 e. The maximum Gasteiger partial charge on any atom is 0.361 e. The summed E-state index contributed by atoms with van der Waals surface area (Å²) in [5.41, 5.74) is 4.38. The van der Waals surface area contributed by atoms with Crippen molar-refractivity contribution in [3.05, 3.63) is 17.7 Å². The number of rotatable bonds is 2. The van der Waals surface area contributed by atoms with Gasteiger partial charge in [-0.25, -0.2) is 14.2 Å². The summed E-state index contributed by atoms with van der Waals surface area (Å²) in [7, 11) is 1.28. The van der Waals surface area contributed by atoms with Gasteiger partial charge in [-0.05, 0) is 20.8 Å². The highest BCUT2D eigenvalue weighted by Crippen LogP contribution is 2.28. The number of anilines is 1. The Kier molecular flexibility index (Phi) is 3.55. The van der Waals surface area contributed by atoms with E-state index in [1.807, 2.05) is 0 Å². The first-order valence-electron chi connectivity index (χ1n) is 4.97. The molecule has 0 fully saturated rings. The van der Waals surface area contributed by atoms with Crippen molar-refractivity contribution in [1.29, 1.82) is 0 Å².